The Bertz CT molecular complexity index is 410. The monoisotopic (exact) mass is 261 g/mol. The molecule has 1 aromatic rings. The van der Waals surface area contributed by atoms with E-state index in [-0.39, 0.29) is 0 Å². The summed E-state index contributed by atoms with van der Waals surface area (Å²) in [6.07, 6.45) is 2.46. The van der Waals surface area contributed by atoms with Crippen LogP contribution in [-0.4, -0.2) is 50.3 Å². The number of ether oxygens (including phenoxy) is 1. The summed E-state index contributed by atoms with van der Waals surface area (Å²) in [5.41, 5.74) is 8.15. The topological polar surface area (TPSA) is 41.7 Å². The molecule has 2 N–H and O–H groups in total. The van der Waals surface area contributed by atoms with Gasteiger partial charge in [0.2, 0.25) is 0 Å². The van der Waals surface area contributed by atoms with Gasteiger partial charge in [0, 0.05) is 32.2 Å². The molecule has 2 fully saturated rings. The molecule has 2 aliphatic rings. The molecule has 2 aliphatic heterocycles. The highest BCUT2D eigenvalue weighted by Crippen LogP contribution is 2.27. The van der Waals surface area contributed by atoms with Gasteiger partial charge in [-0.3, -0.25) is 4.90 Å². The fourth-order valence-corrected chi connectivity index (χ4v) is 3.19. The molecule has 0 atom stereocenters. The van der Waals surface area contributed by atoms with Crippen LogP contribution in [0.4, 0.5) is 11.4 Å². The van der Waals surface area contributed by atoms with E-state index in [0.717, 1.165) is 51.1 Å². The zero-order valence-electron chi connectivity index (χ0n) is 11.4. The summed E-state index contributed by atoms with van der Waals surface area (Å²) in [5.74, 6) is 0. The van der Waals surface area contributed by atoms with Crippen molar-refractivity contribution in [1.29, 1.82) is 0 Å². The van der Waals surface area contributed by atoms with Gasteiger partial charge in [-0.05, 0) is 25.0 Å². The van der Waals surface area contributed by atoms with Crippen LogP contribution >= 0.6 is 0 Å². The Hall–Kier alpha value is -1.26. The first-order valence-corrected chi connectivity index (χ1v) is 7.26. The van der Waals surface area contributed by atoms with E-state index in [2.05, 4.69) is 21.9 Å². The zero-order chi connectivity index (χ0) is 13.1. The van der Waals surface area contributed by atoms with Crippen LogP contribution in [-0.2, 0) is 4.74 Å². The van der Waals surface area contributed by atoms with Crippen molar-refractivity contribution in [3.63, 3.8) is 0 Å². The maximum absolute atomic E-state index is 6.06. The first-order chi connectivity index (χ1) is 9.34. The molecule has 0 spiro atoms. The first kappa shape index (κ1) is 12.8. The van der Waals surface area contributed by atoms with Crippen molar-refractivity contribution < 1.29 is 4.74 Å². The molecule has 0 saturated carbocycles. The highest BCUT2D eigenvalue weighted by Gasteiger charge is 2.26. The van der Waals surface area contributed by atoms with Crippen molar-refractivity contribution in [2.45, 2.75) is 18.9 Å². The van der Waals surface area contributed by atoms with Crippen LogP contribution in [0.3, 0.4) is 0 Å². The third kappa shape index (κ3) is 2.85. The molecule has 4 heteroatoms. The van der Waals surface area contributed by atoms with Gasteiger partial charge in [0.25, 0.3) is 0 Å². The Labute approximate surface area is 115 Å². The van der Waals surface area contributed by atoms with Gasteiger partial charge in [-0.1, -0.05) is 12.1 Å². The van der Waals surface area contributed by atoms with Crippen LogP contribution in [0.5, 0.6) is 0 Å². The molecule has 19 heavy (non-hydrogen) atoms. The number of nitrogens with two attached hydrogens (primary N) is 1. The Morgan fingerprint density at radius 1 is 1.00 bits per heavy atom. The summed E-state index contributed by atoms with van der Waals surface area (Å²) < 4.78 is 5.43. The Kier molecular flexibility index (Phi) is 3.89. The summed E-state index contributed by atoms with van der Waals surface area (Å²) in [5, 5.41) is 0. The smallest absolute Gasteiger partial charge is 0.0599 e. The normalized spacial score (nSPS) is 22.6. The third-order valence-electron chi connectivity index (χ3n) is 4.30. The lowest BCUT2D eigenvalue weighted by molar-refractivity contribution is 0.0115. The summed E-state index contributed by atoms with van der Waals surface area (Å²) in [7, 11) is 0. The second-order valence-electron chi connectivity index (χ2n) is 5.43. The minimum atomic E-state index is 0.727. The molecule has 0 amide bonds. The van der Waals surface area contributed by atoms with Crippen molar-refractivity contribution in [3.05, 3.63) is 24.3 Å². The maximum atomic E-state index is 6.06. The second kappa shape index (κ2) is 5.80. The van der Waals surface area contributed by atoms with E-state index in [4.69, 9.17) is 10.5 Å². The van der Waals surface area contributed by atoms with Crippen molar-refractivity contribution in [2.75, 3.05) is 50.0 Å². The minimum absolute atomic E-state index is 0.727. The number of piperidine rings is 1. The number of hydrogen-bond acceptors (Lipinski definition) is 4. The Balaban J connectivity index is 1.58. The molecular weight excluding hydrogens is 238 g/mol. The van der Waals surface area contributed by atoms with Crippen LogP contribution in [0.2, 0.25) is 0 Å². The van der Waals surface area contributed by atoms with Gasteiger partial charge >= 0.3 is 0 Å². The molecule has 0 radical (unpaired) electrons. The van der Waals surface area contributed by atoms with Gasteiger partial charge in [0.05, 0.1) is 24.6 Å². The fourth-order valence-electron chi connectivity index (χ4n) is 3.19. The van der Waals surface area contributed by atoms with Crippen molar-refractivity contribution in [1.82, 2.24) is 4.90 Å². The fraction of sp³-hybridized carbons (Fsp3) is 0.600. The lowest BCUT2D eigenvalue weighted by Crippen LogP contribution is -2.49. The molecule has 4 nitrogen and oxygen atoms in total. The number of morpholine rings is 1. The van der Waals surface area contributed by atoms with Crippen LogP contribution in [0.25, 0.3) is 0 Å². The SMILES string of the molecule is Nc1ccccc1N1CCC(N2CCOCC2)CC1. The molecule has 1 aromatic carbocycles. The van der Waals surface area contributed by atoms with Gasteiger partial charge in [0.1, 0.15) is 0 Å². The Morgan fingerprint density at radius 2 is 1.68 bits per heavy atom. The van der Waals surface area contributed by atoms with Crippen LogP contribution in [0, 0.1) is 0 Å². The number of benzene rings is 1. The van der Waals surface area contributed by atoms with Gasteiger partial charge in [0.15, 0.2) is 0 Å². The maximum Gasteiger partial charge on any atom is 0.0599 e. The summed E-state index contributed by atoms with van der Waals surface area (Å²) in [6.45, 7) is 6.19. The van der Waals surface area contributed by atoms with Gasteiger partial charge in [-0.2, -0.15) is 0 Å². The number of hydrogen-bond donors (Lipinski definition) is 1. The molecule has 0 unspecified atom stereocenters. The molecule has 2 saturated heterocycles. The van der Waals surface area contributed by atoms with Crippen molar-refractivity contribution in [2.24, 2.45) is 0 Å². The molecular formula is C15H23N3O. The third-order valence-corrected chi connectivity index (χ3v) is 4.30. The molecule has 104 valence electrons. The molecule has 0 aliphatic carbocycles. The first-order valence-electron chi connectivity index (χ1n) is 7.26. The highest BCUT2D eigenvalue weighted by molar-refractivity contribution is 5.67. The van der Waals surface area contributed by atoms with E-state index in [0.29, 0.717) is 0 Å². The molecule has 3 rings (SSSR count). The molecule has 2 heterocycles. The zero-order valence-corrected chi connectivity index (χ0v) is 11.4. The van der Waals surface area contributed by atoms with E-state index in [1.165, 1.54) is 18.5 Å². The quantitative estimate of drug-likeness (QED) is 0.821. The predicted molar refractivity (Wildman–Crippen MR) is 78.5 cm³/mol. The average Bonchev–Trinajstić information content (AvgIpc) is 2.49. The summed E-state index contributed by atoms with van der Waals surface area (Å²) >= 11 is 0. The van der Waals surface area contributed by atoms with E-state index in [9.17, 15) is 0 Å². The Morgan fingerprint density at radius 3 is 2.37 bits per heavy atom. The van der Waals surface area contributed by atoms with Crippen molar-refractivity contribution in [3.8, 4) is 0 Å². The minimum Gasteiger partial charge on any atom is -0.397 e. The van der Waals surface area contributed by atoms with Crippen LogP contribution < -0.4 is 10.6 Å². The number of nitrogen functional groups attached to an aromatic ring is 1. The second-order valence-corrected chi connectivity index (χ2v) is 5.43. The van der Waals surface area contributed by atoms with Crippen LogP contribution in [0.15, 0.2) is 24.3 Å². The number of para-hydroxylation sites is 2. The number of nitrogens with zero attached hydrogens (tertiary/aromatic N) is 2. The average molecular weight is 261 g/mol. The van der Waals surface area contributed by atoms with Crippen LogP contribution in [0.1, 0.15) is 12.8 Å². The largest absolute Gasteiger partial charge is 0.397 e. The summed E-state index contributed by atoms with van der Waals surface area (Å²) in [6, 6.07) is 8.91. The van der Waals surface area contributed by atoms with E-state index in [1.54, 1.807) is 0 Å². The van der Waals surface area contributed by atoms with Crippen molar-refractivity contribution >= 4 is 11.4 Å². The standard InChI is InChI=1S/C15H23N3O/c16-14-3-1-2-4-15(14)18-7-5-13(6-8-18)17-9-11-19-12-10-17/h1-4,13H,5-12,16H2. The number of rotatable bonds is 2. The van der Waals surface area contributed by atoms with Gasteiger partial charge in [-0.15, -0.1) is 0 Å². The lowest BCUT2D eigenvalue weighted by atomic mass is 10.0. The number of anilines is 2. The van der Waals surface area contributed by atoms with Gasteiger partial charge < -0.3 is 15.4 Å². The molecule has 0 aromatic heterocycles. The highest BCUT2D eigenvalue weighted by atomic mass is 16.5. The van der Waals surface area contributed by atoms with Gasteiger partial charge in [-0.25, -0.2) is 0 Å². The lowest BCUT2D eigenvalue weighted by Gasteiger charge is -2.41. The predicted octanol–water partition coefficient (Wildman–Crippen LogP) is 1.57. The van der Waals surface area contributed by atoms with E-state index in [1.807, 2.05) is 12.1 Å². The molecule has 0 bridgehead atoms. The van der Waals surface area contributed by atoms with E-state index < -0.39 is 0 Å². The van der Waals surface area contributed by atoms with E-state index >= 15 is 0 Å². The summed E-state index contributed by atoms with van der Waals surface area (Å²) in [4.78, 5) is 5.02.